The molecule has 0 fully saturated rings. The lowest BCUT2D eigenvalue weighted by Gasteiger charge is -2.19. The molecule has 0 aliphatic rings. The number of hydrogen-bond donors (Lipinski definition) is 3. The van der Waals surface area contributed by atoms with Crippen LogP contribution in [-0.4, -0.2) is 34.7 Å². The first-order valence-electron chi connectivity index (χ1n) is 5.26. The Balaban J connectivity index is 2.76. The highest BCUT2D eigenvalue weighted by Gasteiger charge is 2.32. The maximum Gasteiger partial charge on any atom is 0.573 e. The molecule has 5 nitrogen and oxygen atoms in total. The van der Waals surface area contributed by atoms with Crippen molar-refractivity contribution in [3.8, 4) is 5.75 Å². The lowest BCUT2D eigenvalue weighted by atomic mass is 10.1. The van der Waals surface area contributed by atoms with Crippen LogP contribution in [0.2, 0.25) is 0 Å². The van der Waals surface area contributed by atoms with Crippen LogP contribution in [0.3, 0.4) is 0 Å². The molecule has 9 heteroatoms. The molecule has 0 heterocycles. The molecule has 1 atom stereocenters. The Bertz CT molecular complexity index is 505. The number of alkyl halides is 3. The Morgan fingerprint density at radius 3 is 2.50 bits per heavy atom. The molecule has 0 aromatic heterocycles. The molecule has 1 unspecified atom stereocenters. The average molecular weight is 358 g/mol. The van der Waals surface area contributed by atoms with E-state index >= 15 is 0 Å². The standard InChI is InChI=1S/C11H11BrF3NO4/c1-10(19,9(17)18)5-16-6-2-3-8(7(12)4-6)20-11(13,14)15/h2-4,16,19H,5H2,1H3,(H,17,18). The maximum absolute atomic E-state index is 12.1. The van der Waals surface area contributed by atoms with Gasteiger partial charge in [0, 0.05) is 5.69 Å². The quantitative estimate of drug-likeness (QED) is 0.754. The van der Waals surface area contributed by atoms with Crippen molar-refractivity contribution in [2.75, 3.05) is 11.9 Å². The summed E-state index contributed by atoms with van der Waals surface area (Å²) in [6.45, 7) is 0.784. The lowest BCUT2D eigenvalue weighted by molar-refractivity contribution is -0.274. The molecule has 0 aliphatic heterocycles. The van der Waals surface area contributed by atoms with Crippen LogP contribution in [0.1, 0.15) is 6.92 Å². The number of hydrogen-bond acceptors (Lipinski definition) is 4. The number of carboxylic acids is 1. The predicted octanol–water partition coefficient (Wildman–Crippen LogP) is 2.60. The fourth-order valence-corrected chi connectivity index (χ4v) is 1.63. The molecule has 1 rings (SSSR count). The molecule has 0 radical (unpaired) electrons. The zero-order valence-electron chi connectivity index (χ0n) is 10.2. The first-order valence-corrected chi connectivity index (χ1v) is 6.05. The second-order valence-electron chi connectivity index (χ2n) is 4.13. The summed E-state index contributed by atoms with van der Waals surface area (Å²) in [7, 11) is 0. The van der Waals surface area contributed by atoms with Gasteiger partial charge in [-0.05, 0) is 41.1 Å². The molecule has 0 saturated heterocycles. The van der Waals surface area contributed by atoms with Gasteiger partial charge in [0.2, 0.25) is 0 Å². The van der Waals surface area contributed by atoms with Crippen molar-refractivity contribution in [3.05, 3.63) is 22.7 Å². The second-order valence-corrected chi connectivity index (χ2v) is 4.98. The second kappa shape index (κ2) is 5.88. The third-order valence-corrected chi connectivity index (χ3v) is 2.87. The van der Waals surface area contributed by atoms with E-state index in [1.54, 1.807) is 0 Å². The molecule has 1 aromatic rings. The van der Waals surface area contributed by atoms with Gasteiger partial charge in [-0.1, -0.05) is 0 Å². The zero-order chi connectivity index (χ0) is 15.6. The minimum atomic E-state index is -4.80. The number of aliphatic hydroxyl groups is 1. The molecule has 0 bridgehead atoms. The number of carbonyl (C=O) groups is 1. The van der Waals surface area contributed by atoms with Crippen LogP contribution in [0, 0.1) is 0 Å². The van der Waals surface area contributed by atoms with E-state index in [0.717, 1.165) is 13.0 Å². The molecule has 0 saturated carbocycles. The van der Waals surface area contributed by atoms with E-state index in [0.29, 0.717) is 5.69 Å². The van der Waals surface area contributed by atoms with Crippen molar-refractivity contribution < 1.29 is 32.9 Å². The number of anilines is 1. The molecule has 0 amide bonds. The van der Waals surface area contributed by atoms with Gasteiger partial charge in [-0.25, -0.2) is 4.79 Å². The van der Waals surface area contributed by atoms with Gasteiger partial charge in [-0.15, -0.1) is 13.2 Å². The largest absolute Gasteiger partial charge is 0.573 e. The van der Waals surface area contributed by atoms with Crippen molar-refractivity contribution in [2.24, 2.45) is 0 Å². The van der Waals surface area contributed by atoms with Crippen molar-refractivity contribution in [2.45, 2.75) is 18.9 Å². The molecular formula is C11H11BrF3NO4. The summed E-state index contributed by atoms with van der Waals surface area (Å²) in [5.74, 6) is -1.84. The smallest absolute Gasteiger partial charge is 0.479 e. The number of halogens is 4. The van der Waals surface area contributed by atoms with E-state index in [4.69, 9.17) is 5.11 Å². The van der Waals surface area contributed by atoms with Gasteiger partial charge in [0.1, 0.15) is 5.75 Å². The van der Waals surface area contributed by atoms with E-state index in [1.807, 2.05) is 0 Å². The molecular weight excluding hydrogens is 347 g/mol. The van der Waals surface area contributed by atoms with Gasteiger partial charge >= 0.3 is 12.3 Å². The van der Waals surface area contributed by atoms with Crippen LogP contribution in [0.25, 0.3) is 0 Å². The highest BCUT2D eigenvalue weighted by molar-refractivity contribution is 9.10. The van der Waals surface area contributed by atoms with Gasteiger partial charge in [0.15, 0.2) is 5.60 Å². The number of ether oxygens (including phenoxy) is 1. The van der Waals surface area contributed by atoms with Crippen molar-refractivity contribution in [1.29, 1.82) is 0 Å². The van der Waals surface area contributed by atoms with Gasteiger partial charge in [0.25, 0.3) is 0 Å². The summed E-state index contributed by atoms with van der Waals surface area (Å²) in [5.41, 5.74) is -1.67. The third-order valence-electron chi connectivity index (χ3n) is 2.26. The van der Waals surface area contributed by atoms with Crippen LogP contribution in [0.4, 0.5) is 18.9 Å². The van der Waals surface area contributed by atoms with Crippen molar-refractivity contribution in [3.63, 3.8) is 0 Å². The summed E-state index contributed by atoms with van der Waals surface area (Å²) in [6.07, 6.45) is -4.80. The number of rotatable bonds is 5. The van der Waals surface area contributed by atoms with E-state index in [9.17, 15) is 23.1 Å². The van der Waals surface area contributed by atoms with Crippen LogP contribution < -0.4 is 10.1 Å². The van der Waals surface area contributed by atoms with Gasteiger partial charge in [-0.3, -0.25) is 0 Å². The minimum Gasteiger partial charge on any atom is -0.479 e. The first-order chi connectivity index (χ1) is 9.01. The van der Waals surface area contributed by atoms with Gasteiger partial charge in [-0.2, -0.15) is 0 Å². The van der Waals surface area contributed by atoms with E-state index < -0.39 is 23.7 Å². The van der Waals surface area contributed by atoms with Crippen molar-refractivity contribution in [1.82, 2.24) is 0 Å². The summed E-state index contributed by atoms with van der Waals surface area (Å²) in [5, 5.41) is 20.8. The van der Waals surface area contributed by atoms with Crippen molar-refractivity contribution >= 4 is 27.6 Å². The summed E-state index contributed by atoms with van der Waals surface area (Å²) in [6, 6.07) is 3.61. The molecule has 0 aliphatic carbocycles. The Hall–Kier alpha value is -1.48. The normalized spacial score (nSPS) is 14.5. The fraction of sp³-hybridized carbons (Fsp3) is 0.364. The Morgan fingerprint density at radius 2 is 2.05 bits per heavy atom. The topological polar surface area (TPSA) is 78.8 Å². The lowest BCUT2D eigenvalue weighted by Crippen LogP contribution is -2.41. The van der Waals surface area contributed by atoms with E-state index in [-0.39, 0.29) is 11.0 Å². The van der Waals surface area contributed by atoms with Crippen LogP contribution in [-0.2, 0) is 4.79 Å². The van der Waals surface area contributed by atoms with Gasteiger partial charge in [0.05, 0.1) is 11.0 Å². The van der Waals surface area contributed by atoms with Gasteiger partial charge < -0.3 is 20.3 Å². The summed E-state index contributed by atoms with van der Waals surface area (Å²) < 4.78 is 40.0. The zero-order valence-corrected chi connectivity index (χ0v) is 11.7. The van der Waals surface area contributed by atoms with Crippen LogP contribution in [0.15, 0.2) is 22.7 Å². The summed E-state index contributed by atoms with van der Waals surface area (Å²) >= 11 is 2.91. The molecule has 112 valence electrons. The average Bonchev–Trinajstić information content (AvgIpc) is 2.28. The summed E-state index contributed by atoms with van der Waals surface area (Å²) in [4.78, 5) is 10.7. The highest BCUT2D eigenvalue weighted by Crippen LogP contribution is 2.32. The SMILES string of the molecule is CC(O)(CNc1ccc(OC(F)(F)F)c(Br)c1)C(=O)O. The Morgan fingerprint density at radius 1 is 1.45 bits per heavy atom. The molecule has 1 aromatic carbocycles. The Labute approximate surface area is 120 Å². The number of nitrogens with one attached hydrogen (secondary N) is 1. The minimum absolute atomic E-state index is 0.0368. The molecule has 20 heavy (non-hydrogen) atoms. The first kappa shape index (κ1) is 16.6. The van der Waals surface area contributed by atoms with E-state index in [2.05, 4.69) is 26.0 Å². The monoisotopic (exact) mass is 357 g/mol. The predicted molar refractivity (Wildman–Crippen MR) is 67.6 cm³/mol. The van der Waals surface area contributed by atoms with E-state index in [1.165, 1.54) is 12.1 Å². The third kappa shape index (κ3) is 4.89. The molecule has 0 spiro atoms. The fourth-order valence-electron chi connectivity index (χ4n) is 1.17. The Kier molecular flexibility index (Phi) is 4.87. The highest BCUT2D eigenvalue weighted by atomic mass is 79.9. The molecule has 3 N–H and O–H groups in total. The number of benzene rings is 1. The van der Waals surface area contributed by atoms with Crippen LogP contribution >= 0.6 is 15.9 Å². The number of aliphatic carboxylic acids is 1. The number of carboxylic acid groups (broad SMARTS) is 1. The van der Waals surface area contributed by atoms with Crippen LogP contribution in [0.5, 0.6) is 5.75 Å². The maximum atomic E-state index is 12.1.